The average molecular weight is 170 g/mol. The van der Waals surface area contributed by atoms with E-state index in [-0.39, 0.29) is 12.0 Å². The fourth-order valence-corrected chi connectivity index (χ4v) is 1.69. The Bertz CT molecular complexity index is 148. The smallest absolute Gasteiger partial charge is 0.138 e. The number of hydrogen-bond donors (Lipinski definition) is 0. The molecule has 0 saturated carbocycles. The number of Topliss-reactive ketones (excluding diaryl/α,β-unsaturated/α-hetero) is 1. The molecule has 0 N–H and O–H groups in total. The minimum Gasteiger partial charge on any atom is -0.377 e. The summed E-state index contributed by atoms with van der Waals surface area (Å²) >= 11 is 0. The molecule has 70 valence electrons. The van der Waals surface area contributed by atoms with Crippen LogP contribution in [0, 0.1) is 5.92 Å². The zero-order valence-corrected chi connectivity index (χ0v) is 8.01. The molecule has 2 nitrogen and oxygen atoms in total. The maximum atomic E-state index is 11.3. The molecule has 0 aromatic carbocycles. The second-order valence-corrected chi connectivity index (χ2v) is 3.51. The molecule has 12 heavy (non-hydrogen) atoms. The molecule has 2 heteroatoms. The zero-order valence-electron chi connectivity index (χ0n) is 8.01. The van der Waals surface area contributed by atoms with Crippen LogP contribution in [-0.4, -0.2) is 18.5 Å². The van der Waals surface area contributed by atoms with E-state index in [1.54, 1.807) is 0 Å². The van der Waals surface area contributed by atoms with E-state index < -0.39 is 0 Å². The third-order valence-electron chi connectivity index (χ3n) is 2.63. The molecule has 1 heterocycles. The van der Waals surface area contributed by atoms with Crippen LogP contribution >= 0.6 is 0 Å². The van der Waals surface area contributed by atoms with Crippen LogP contribution in [0.5, 0.6) is 0 Å². The highest BCUT2D eigenvalue weighted by Gasteiger charge is 2.24. The summed E-state index contributed by atoms with van der Waals surface area (Å²) in [5, 5.41) is 0. The van der Waals surface area contributed by atoms with Crippen LogP contribution in [0.2, 0.25) is 0 Å². The van der Waals surface area contributed by atoms with Gasteiger partial charge in [0.1, 0.15) is 5.78 Å². The number of hydrogen-bond acceptors (Lipinski definition) is 2. The van der Waals surface area contributed by atoms with E-state index in [1.807, 2.05) is 13.8 Å². The number of ether oxygens (including phenoxy) is 1. The third-order valence-corrected chi connectivity index (χ3v) is 2.63. The zero-order chi connectivity index (χ0) is 8.97. The molecule has 2 unspecified atom stereocenters. The summed E-state index contributed by atoms with van der Waals surface area (Å²) in [5.74, 6) is 0.442. The van der Waals surface area contributed by atoms with Gasteiger partial charge in [0, 0.05) is 18.9 Å². The van der Waals surface area contributed by atoms with E-state index in [2.05, 4.69) is 0 Å². The summed E-state index contributed by atoms with van der Waals surface area (Å²) in [6, 6.07) is 0. The van der Waals surface area contributed by atoms with Crippen molar-refractivity contribution in [3.63, 3.8) is 0 Å². The van der Waals surface area contributed by atoms with Crippen LogP contribution in [0.15, 0.2) is 0 Å². The van der Waals surface area contributed by atoms with Crippen molar-refractivity contribution in [2.75, 3.05) is 6.61 Å². The first kappa shape index (κ1) is 9.72. The van der Waals surface area contributed by atoms with Gasteiger partial charge in [0.25, 0.3) is 0 Å². The van der Waals surface area contributed by atoms with Gasteiger partial charge in [0.15, 0.2) is 0 Å². The second-order valence-electron chi connectivity index (χ2n) is 3.51. The van der Waals surface area contributed by atoms with E-state index in [4.69, 9.17) is 4.74 Å². The molecule has 0 spiro atoms. The lowest BCUT2D eigenvalue weighted by atomic mass is 9.93. The maximum absolute atomic E-state index is 11.3. The van der Waals surface area contributed by atoms with E-state index >= 15 is 0 Å². The fraction of sp³-hybridized carbons (Fsp3) is 0.900. The highest BCUT2D eigenvalue weighted by Crippen LogP contribution is 2.21. The Balaban J connectivity index is 2.39. The van der Waals surface area contributed by atoms with Crippen molar-refractivity contribution < 1.29 is 9.53 Å². The first-order chi connectivity index (χ1) is 5.75. The summed E-state index contributed by atoms with van der Waals surface area (Å²) in [6.45, 7) is 4.75. The molecule has 0 radical (unpaired) electrons. The van der Waals surface area contributed by atoms with Gasteiger partial charge in [-0.05, 0) is 19.3 Å². The van der Waals surface area contributed by atoms with Crippen LogP contribution in [0.4, 0.5) is 0 Å². The van der Waals surface area contributed by atoms with Gasteiger partial charge in [-0.15, -0.1) is 0 Å². The fourth-order valence-electron chi connectivity index (χ4n) is 1.69. The Morgan fingerprint density at radius 3 is 2.83 bits per heavy atom. The number of carbonyl (C=O) groups excluding carboxylic acids is 1. The first-order valence-electron chi connectivity index (χ1n) is 4.90. The summed E-state index contributed by atoms with van der Waals surface area (Å²) < 4.78 is 5.54. The molecule has 1 aliphatic rings. The molecule has 2 atom stereocenters. The second kappa shape index (κ2) is 4.61. The molecule has 0 aliphatic carbocycles. The molecular formula is C10H18O2. The van der Waals surface area contributed by atoms with Gasteiger partial charge in [-0.3, -0.25) is 4.79 Å². The van der Waals surface area contributed by atoms with E-state index in [0.29, 0.717) is 12.2 Å². The lowest BCUT2D eigenvalue weighted by Crippen LogP contribution is -2.31. The molecule has 1 aliphatic heterocycles. The lowest BCUT2D eigenvalue weighted by Gasteiger charge is -2.26. The third kappa shape index (κ3) is 2.31. The molecule has 0 aromatic rings. The standard InChI is InChI=1S/C10H18O2/c1-3-9(11)8(2)10-6-4-5-7-12-10/h8,10H,3-7H2,1-2H3. The molecule has 1 saturated heterocycles. The van der Waals surface area contributed by atoms with Crippen molar-refractivity contribution in [1.29, 1.82) is 0 Å². The normalized spacial score (nSPS) is 26.7. The van der Waals surface area contributed by atoms with Gasteiger partial charge in [0.05, 0.1) is 6.10 Å². The molecule has 0 bridgehead atoms. The quantitative estimate of drug-likeness (QED) is 0.649. The first-order valence-corrected chi connectivity index (χ1v) is 4.90. The molecule has 0 amide bonds. The van der Waals surface area contributed by atoms with Crippen molar-refractivity contribution in [3.05, 3.63) is 0 Å². The van der Waals surface area contributed by atoms with Gasteiger partial charge in [-0.1, -0.05) is 13.8 Å². The number of ketones is 1. The molecule has 0 aromatic heterocycles. The molecule has 1 rings (SSSR count). The average Bonchev–Trinajstić information content (AvgIpc) is 2.17. The topological polar surface area (TPSA) is 26.3 Å². The minimum absolute atomic E-state index is 0.107. The molecular weight excluding hydrogens is 152 g/mol. The van der Waals surface area contributed by atoms with Crippen molar-refractivity contribution in [2.24, 2.45) is 5.92 Å². The Labute approximate surface area is 74.3 Å². The predicted octanol–water partition coefficient (Wildman–Crippen LogP) is 2.17. The van der Waals surface area contributed by atoms with Crippen LogP contribution < -0.4 is 0 Å². The van der Waals surface area contributed by atoms with E-state index in [0.717, 1.165) is 19.4 Å². The summed E-state index contributed by atoms with van der Waals surface area (Å²) in [6.07, 6.45) is 4.27. The largest absolute Gasteiger partial charge is 0.377 e. The van der Waals surface area contributed by atoms with Crippen molar-refractivity contribution in [2.45, 2.75) is 45.6 Å². The van der Waals surface area contributed by atoms with Crippen LogP contribution in [0.25, 0.3) is 0 Å². The maximum Gasteiger partial charge on any atom is 0.138 e. The van der Waals surface area contributed by atoms with Gasteiger partial charge < -0.3 is 4.74 Å². The minimum atomic E-state index is 0.107. The Morgan fingerprint density at radius 1 is 1.58 bits per heavy atom. The van der Waals surface area contributed by atoms with Crippen molar-refractivity contribution in [3.8, 4) is 0 Å². The number of carbonyl (C=O) groups is 1. The molecule has 1 fully saturated rings. The lowest BCUT2D eigenvalue weighted by molar-refractivity contribution is -0.128. The summed E-state index contributed by atoms with van der Waals surface area (Å²) in [5.41, 5.74) is 0. The van der Waals surface area contributed by atoms with Gasteiger partial charge in [0.2, 0.25) is 0 Å². The van der Waals surface area contributed by atoms with Crippen LogP contribution in [-0.2, 0) is 9.53 Å². The highest BCUT2D eigenvalue weighted by molar-refractivity contribution is 5.80. The van der Waals surface area contributed by atoms with Crippen molar-refractivity contribution in [1.82, 2.24) is 0 Å². The Hall–Kier alpha value is -0.370. The SMILES string of the molecule is CCC(=O)C(C)C1CCCCO1. The van der Waals surface area contributed by atoms with Crippen molar-refractivity contribution >= 4 is 5.78 Å². The van der Waals surface area contributed by atoms with E-state index in [9.17, 15) is 4.79 Å². The Kier molecular flexibility index (Phi) is 3.73. The van der Waals surface area contributed by atoms with Crippen LogP contribution in [0.1, 0.15) is 39.5 Å². The van der Waals surface area contributed by atoms with E-state index in [1.165, 1.54) is 6.42 Å². The Morgan fingerprint density at radius 2 is 2.33 bits per heavy atom. The summed E-state index contributed by atoms with van der Waals surface area (Å²) in [4.78, 5) is 11.3. The van der Waals surface area contributed by atoms with Gasteiger partial charge in [-0.25, -0.2) is 0 Å². The van der Waals surface area contributed by atoms with Crippen LogP contribution in [0.3, 0.4) is 0 Å². The highest BCUT2D eigenvalue weighted by atomic mass is 16.5. The predicted molar refractivity (Wildman–Crippen MR) is 48.1 cm³/mol. The number of rotatable bonds is 3. The summed E-state index contributed by atoms with van der Waals surface area (Å²) in [7, 11) is 0. The monoisotopic (exact) mass is 170 g/mol. The van der Waals surface area contributed by atoms with Gasteiger partial charge >= 0.3 is 0 Å². The van der Waals surface area contributed by atoms with Gasteiger partial charge in [-0.2, -0.15) is 0 Å².